The lowest BCUT2D eigenvalue weighted by atomic mass is 9.63. The van der Waals surface area contributed by atoms with Crippen LogP contribution in [0.15, 0.2) is 17.7 Å². The molecule has 0 saturated carbocycles. The number of carbonyl (C=O) groups excluding carboxylic acids is 4. The fourth-order valence-electron chi connectivity index (χ4n) is 4.95. The molecule has 0 saturated heterocycles. The first-order valence-electron chi connectivity index (χ1n) is 10.8. The first-order valence-corrected chi connectivity index (χ1v) is 10.8. The zero-order valence-electron chi connectivity index (χ0n) is 19.6. The molecule has 182 valence electrons. The second-order valence-electron chi connectivity index (χ2n) is 8.68. The standard InChI is InChI=1S/C24H26O10/c1-11-6-14(7-17(26)29-4)24(22(27)23(28)30-5)9-31-21-18(24)15(8-16-20(21)33-10-32-16)19(12(11)2)34-13(3)25/h7-8,11-12,19H,6,9-10H2,1-5H3/b14-7-/t11-,12-,19-,24-/m1/s1. The summed E-state index contributed by atoms with van der Waals surface area (Å²) < 4.78 is 32.6. The van der Waals surface area contributed by atoms with Gasteiger partial charge < -0.3 is 28.4 Å². The van der Waals surface area contributed by atoms with Gasteiger partial charge in [-0.05, 0) is 24.0 Å². The topological polar surface area (TPSA) is 124 Å². The molecular weight excluding hydrogens is 448 g/mol. The summed E-state index contributed by atoms with van der Waals surface area (Å²) in [5.74, 6) is -2.76. The van der Waals surface area contributed by atoms with Crippen molar-refractivity contribution in [1.82, 2.24) is 0 Å². The summed E-state index contributed by atoms with van der Waals surface area (Å²) in [5.41, 5.74) is -0.625. The van der Waals surface area contributed by atoms with Crippen LogP contribution in [0.25, 0.3) is 0 Å². The Hall–Kier alpha value is -3.56. The molecule has 4 atom stereocenters. The average molecular weight is 474 g/mol. The van der Waals surface area contributed by atoms with E-state index in [0.29, 0.717) is 22.4 Å². The number of fused-ring (bicyclic) bond motifs is 2. The zero-order valence-corrected chi connectivity index (χ0v) is 19.6. The van der Waals surface area contributed by atoms with E-state index in [0.717, 1.165) is 7.11 Å². The number of ketones is 1. The fraction of sp³-hybridized carbons (Fsp3) is 0.500. The molecule has 0 spiro atoms. The Morgan fingerprint density at radius 3 is 2.44 bits per heavy atom. The number of benzene rings is 1. The van der Waals surface area contributed by atoms with Crippen LogP contribution in [0.3, 0.4) is 0 Å². The Morgan fingerprint density at radius 2 is 1.79 bits per heavy atom. The van der Waals surface area contributed by atoms with Gasteiger partial charge in [0.1, 0.15) is 18.1 Å². The van der Waals surface area contributed by atoms with Gasteiger partial charge >= 0.3 is 17.9 Å². The van der Waals surface area contributed by atoms with Gasteiger partial charge in [-0.3, -0.25) is 9.59 Å². The summed E-state index contributed by atoms with van der Waals surface area (Å²) in [7, 11) is 2.33. The Morgan fingerprint density at radius 1 is 1.06 bits per heavy atom. The normalized spacial score (nSPS) is 27.7. The van der Waals surface area contributed by atoms with E-state index in [1.54, 1.807) is 6.07 Å². The largest absolute Gasteiger partial charge is 0.487 e. The van der Waals surface area contributed by atoms with E-state index in [9.17, 15) is 19.2 Å². The smallest absolute Gasteiger partial charge is 0.375 e. The van der Waals surface area contributed by atoms with Crippen LogP contribution in [-0.2, 0) is 38.8 Å². The maximum atomic E-state index is 13.7. The molecule has 1 aliphatic carbocycles. The monoisotopic (exact) mass is 474 g/mol. The first kappa shape index (κ1) is 23.6. The fourth-order valence-corrected chi connectivity index (χ4v) is 4.95. The first-order chi connectivity index (χ1) is 16.1. The Labute approximate surface area is 196 Å². The van der Waals surface area contributed by atoms with Crippen molar-refractivity contribution in [3.8, 4) is 17.2 Å². The molecule has 2 heterocycles. The minimum absolute atomic E-state index is 0.0679. The van der Waals surface area contributed by atoms with Crippen molar-refractivity contribution >= 4 is 23.7 Å². The number of esters is 3. The number of hydrogen-bond donors (Lipinski definition) is 0. The van der Waals surface area contributed by atoms with Crippen molar-refractivity contribution < 1.29 is 47.6 Å². The lowest BCUT2D eigenvalue weighted by Gasteiger charge is -2.39. The SMILES string of the molecule is COC(=O)/C=C1/C[C@@H](C)[C@@H](C)[C@@H](OC(C)=O)c2cc3c(c4c2[C@@]1(C(=O)C(=O)OC)CO4)OCO3. The summed E-state index contributed by atoms with van der Waals surface area (Å²) in [6.07, 6.45) is 0.679. The van der Waals surface area contributed by atoms with E-state index in [4.69, 9.17) is 28.4 Å². The van der Waals surface area contributed by atoms with Gasteiger partial charge in [0.2, 0.25) is 12.5 Å². The third kappa shape index (κ3) is 3.48. The van der Waals surface area contributed by atoms with Gasteiger partial charge in [-0.1, -0.05) is 13.8 Å². The van der Waals surface area contributed by atoms with Crippen molar-refractivity contribution in [2.75, 3.05) is 27.6 Å². The summed E-state index contributed by atoms with van der Waals surface area (Å²) in [6.45, 7) is 4.78. The number of ether oxygens (including phenoxy) is 6. The molecule has 4 rings (SSSR count). The Balaban J connectivity index is 2.11. The number of carbonyl (C=O) groups is 4. The highest BCUT2D eigenvalue weighted by Crippen LogP contribution is 2.59. The lowest BCUT2D eigenvalue weighted by molar-refractivity contribution is -0.154. The minimum Gasteiger partial charge on any atom is -0.487 e. The number of Topliss-reactive ketones (excluding diaryl/α,β-unsaturated/α-hetero) is 1. The second-order valence-corrected chi connectivity index (χ2v) is 8.68. The maximum Gasteiger partial charge on any atom is 0.375 e. The minimum atomic E-state index is -1.71. The molecule has 0 amide bonds. The quantitative estimate of drug-likeness (QED) is 0.278. The summed E-state index contributed by atoms with van der Waals surface area (Å²) >= 11 is 0. The van der Waals surface area contributed by atoms with Gasteiger partial charge in [0.15, 0.2) is 11.5 Å². The Bertz CT molecular complexity index is 1100. The van der Waals surface area contributed by atoms with Crippen LogP contribution in [-0.4, -0.2) is 51.3 Å². The van der Waals surface area contributed by atoms with Crippen LogP contribution in [0.2, 0.25) is 0 Å². The van der Waals surface area contributed by atoms with Gasteiger partial charge in [0.25, 0.3) is 5.78 Å². The van der Waals surface area contributed by atoms with Crippen LogP contribution in [0.1, 0.15) is 44.4 Å². The highest BCUT2D eigenvalue weighted by molar-refractivity contribution is 6.38. The molecule has 0 fully saturated rings. The van der Waals surface area contributed by atoms with Crippen molar-refractivity contribution in [1.29, 1.82) is 0 Å². The molecule has 3 aliphatic rings. The molecule has 0 unspecified atom stereocenters. The van der Waals surface area contributed by atoms with Crippen LogP contribution >= 0.6 is 0 Å². The zero-order chi connectivity index (χ0) is 24.8. The van der Waals surface area contributed by atoms with E-state index in [1.165, 1.54) is 20.1 Å². The van der Waals surface area contributed by atoms with E-state index >= 15 is 0 Å². The molecule has 10 heteroatoms. The molecule has 2 aliphatic heterocycles. The summed E-state index contributed by atoms with van der Waals surface area (Å²) in [4.78, 5) is 50.8. The van der Waals surface area contributed by atoms with Gasteiger partial charge in [-0.2, -0.15) is 0 Å². The molecule has 0 aromatic heterocycles. The van der Waals surface area contributed by atoms with Crippen molar-refractivity contribution in [2.45, 2.75) is 38.7 Å². The van der Waals surface area contributed by atoms with Crippen LogP contribution in [0.4, 0.5) is 0 Å². The highest BCUT2D eigenvalue weighted by Gasteiger charge is 2.58. The third-order valence-electron chi connectivity index (χ3n) is 6.83. The number of methoxy groups -OCH3 is 2. The predicted molar refractivity (Wildman–Crippen MR) is 114 cm³/mol. The van der Waals surface area contributed by atoms with Crippen LogP contribution in [0, 0.1) is 11.8 Å². The lowest BCUT2D eigenvalue weighted by Crippen LogP contribution is -2.47. The Kier molecular flexibility index (Phi) is 6.01. The number of rotatable bonds is 4. The van der Waals surface area contributed by atoms with E-state index in [2.05, 4.69) is 0 Å². The van der Waals surface area contributed by atoms with E-state index < -0.39 is 35.2 Å². The predicted octanol–water partition coefficient (Wildman–Crippen LogP) is 2.17. The van der Waals surface area contributed by atoms with Gasteiger partial charge in [0, 0.05) is 30.0 Å². The summed E-state index contributed by atoms with van der Waals surface area (Å²) in [5, 5.41) is 0. The van der Waals surface area contributed by atoms with E-state index in [-0.39, 0.29) is 43.2 Å². The molecule has 1 aromatic rings. The van der Waals surface area contributed by atoms with Gasteiger partial charge in [0.05, 0.1) is 14.2 Å². The number of hydrogen-bond acceptors (Lipinski definition) is 10. The molecule has 0 radical (unpaired) electrons. The van der Waals surface area contributed by atoms with Crippen molar-refractivity contribution in [2.24, 2.45) is 11.8 Å². The van der Waals surface area contributed by atoms with Crippen LogP contribution < -0.4 is 14.2 Å². The molecule has 0 bridgehead atoms. The third-order valence-corrected chi connectivity index (χ3v) is 6.83. The molecule has 1 aromatic carbocycles. The van der Waals surface area contributed by atoms with Gasteiger partial charge in [-0.15, -0.1) is 0 Å². The molecular formula is C24H26O10. The second kappa shape index (κ2) is 8.66. The van der Waals surface area contributed by atoms with Crippen molar-refractivity contribution in [3.63, 3.8) is 0 Å². The van der Waals surface area contributed by atoms with E-state index in [1.807, 2.05) is 13.8 Å². The summed E-state index contributed by atoms with van der Waals surface area (Å²) in [6, 6.07) is 1.65. The van der Waals surface area contributed by atoms with Crippen molar-refractivity contribution in [3.05, 3.63) is 28.8 Å². The highest BCUT2D eigenvalue weighted by atomic mass is 16.7. The maximum absolute atomic E-state index is 13.7. The molecule has 10 nitrogen and oxygen atoms in total. The average Bonchev–Trinajstić information content (AvgIpc) is 3.44. The van der Waals surface area contributed by atoms with Gasteiger partial charge in [-0.25, -0.2) is 9.59 Å². The van der Waals surface area contributed by atoms with Crippen LogP contribution in [0.5, 0.6) is 17.2 Å². The molecule has 0 N–H and O–H groups in total. The molecule has 34 heavy (non-hydrogen) atoms.